The van der Waals surface area contributed by atoms with E-state index in [-0.39, 0.29) is 36.2 Å². The summed E-state index contributed by atoms with van der Waals surface area (Å²) < 4.78 is 13.7. The molecule has 16 nitrogen and oxygen atoms in total. The molecule has 3 amide bonds. The molecule has 0 bridgehead atoms. The van der Waals surface area contributed by atoms with Gasteiger partial charge in [0.15, 0.2) is 0 Å². The van der Waals surface area contributed by atoms with Gasteiger partial charge in [0, 0.05) is 87.0 Å². The molecule has 4 aliphatic rings. The van der Waals surface area contributed by atoms with Crippen LogP contribution in [0.3, 0.4) is 0 Å². The molecule has 6 aromatic rings. The number of anilines is 2. The fraction of sp³-hybridized carbons (Fsp3) is 0.269. The number of carbonyl (C=O) groups is 4. The summed E-state index contributed by atoms with van der Waals surface area (Å²) in [4.78, 5) is 56.3. The van der Waals surface area contributed by atoms with Crippen LogP contribution in [0, 0.1) is 0 Å². The molecule has 2 unspecified atom stereocenters. The van der Waals surface area contributed by atoms with E-state index in [1.54, 1.807) is 101 Å². The Labute approximate surface area is 459 Å². The van der Waals surface area contributed by atoms with Crippen LogP contribution in [0.2, 0.25) is 20.1 Å². The molecule has 2 saturated heterocycles. The summed E-state index contributed by atoms with van der Waals surface area (Å²) in [5.74, 6) is 2.74. The lowest BCUT2D eigenvalue weighted by Gasteiger charge is -2.38. The predicted octanol–water partition coefficient (Wildman–Crippen LogP) is 9.88. The Hall–Kier alpha value is -6.24. The normalized spacial score (nSPS) is 16.9. The van der Waals surface area contributed by atoms with Crippen molar-refractivity contribution in [1.29, 1.82) is 0 Å². The maximum atomic E-state index is 13.9. The maximum Gasteiger partial charge on any atom is 0.254 e. The van der Waals surface area contributed by atoms with Gasteiger partial charge >= 0.3 is 0 Å². The second kappa shape index (κ2) is 24.9. The zero-order chi connectivity index (χ0) is 51.9. The molecule has 2 fully saturated rings. The topological polar surface area (TPSA) is 168 Å². The Balaban J connectivity index is 0.000000183. The van der Waals surface area contributed by atoms with Gasteiger partial charge in [-0.3, -0.25) is 19.2 Å². The number of ether oxygens (including phenoxy) is 2. The van der Waals surface area contributed by atoms with Gasteiger partial charge in [0.1, 0.15) is 35.2 Å². The molecular formula is C52H52Cl6N10O6. The number of amides is 3. The van der Waals surface area contributed by atoms with E-state index in [1.807, 2.05) is 53.8 Å². The molecule has 0 aliphatic carbocycles. The Kier molecular flexibility index (Phi) is 18.6. The van der Waals surface area contributed by atoms with Crippen LogP contribution in [0.1, 0.15) is 57.8 Å². The lowest BCUT2D eigenvalue weighted by atomic mass is 9.94. The number of halogens is 6. The predicted molar refractivity (Wildman–Crippen MR) is 292 cm³/mol. The van der Waals surface area contributed by atoms with Gasteiger partial charge in [-0.15, -0.1) is 12.4 Å². The van der Waals surface area contributed by atoms with Crippen molar-refractivity contribution in [2.24, 2.45) is 0 Å². The molecule has 4 aliphatic heterocycles. The molecule has 6 heterocycles. The van der Waals surface area contributed by atoms with E-state index in [1.165, 1.54) is 7.11 Å². The van der Waals surface area contributed by atoms with E-state index in [9.17, 15) is 19.2 Å². The molecule has 2 aromatic heterocycles. The van der Waals surface area contributed by atoms with Crippen LogP contribution in [0.4, 0.5) is 11.6 Å². The zero-order valence-corrected chi connectivity index (χ0v) is 45.2. The number of piperazine rings is 2. The average molecular weight is 1130 g/mol. The fourth-order valence-corrected chi connectivity index (χ4v) is 9.68. The molecule has 388 valence electrons. The van der Waals surface area contributed by atoms with Gasteiger partial charge < -0.3 is 40.1 Å². The lowest BCUT2D eigenvalue weighted by molar-refractivity contribution is -0.129. The van der Waals surface area contributed by atoms with Crippen molar-refractivity contribution in [3.05, 3.63) is 174 Å². The van der Waals surface area contributed by atoms with Crippen molar-refractivity contribution in [3.63, 3.8) is 0 Å². The average Bonchev–Trinajstić information content (AvgIpc) is 4.09. The van der Waals surface area contributed by atoms with Gasteiger partial charge in [0.05, 0.1) is 57.9 Å². The number of aromatic nitrogens is 4. The zero-order valence-electron chi connectivity index (χ0n) is 40.6. The van der Waals surface area contributed by atoms with Crippen molar-refractivity contribution in [2.75, 3.05) is 77.2 Å². The van der Waals surface area contributed by atoms with Crippen LogP contribution in [-0.2, 0) is 9.59 Å². The first kappa shape index (κ1) is 55.5. The fourth-order valence-electron chi connectivity index (χ4n) is 8.95. The van der Waals surface area contributed by atoms with Crippen LogP contribution < -0.4 is 25.4 Å². The number of nitrogens with one attached hydrogen (secondary N) is 3. The highest BCUT2D eigenvalue weighted by atomic mass is 35.5. The van der Waals surface area contributed by atoms with Gasteiger partial charge in [0.2, 0.25) is 0 Å². The van der Waals surface area contributed by atoms with Gasteiger partial charge in [-0.1, -0.05) is 70.7 Å². The second-order valence-electron chi connectivity index (χ2n) is 17.2. The van der Waals surface area contributed by atoms with Gasteiger partial charge in [-0.05, 0) is 97.2 Å². The summed E-state index contributed by atoms with van der Waals surface area (Å²) in [6.07, 6.45) is 3.41. The first-order chi connectivity index (χ1) is 35.2. The number of fused-ring (bicyclic) bond motifs is 2. The summed E-state index contributed by atoms with van der Waals surface area (Å²) in [7, 11) is 3.11. The van der Waals surface area contributed by atoms with Crippen molar-refractivity contribution < 1.29 is 28.7 Å². The van der Waals surface area contributed by atoms with E-state index in [0.717, 1.165) is 47.2 Å². The van der Waals surface area contributed by atoms with Crippen LogP contribution in [0.25, 0.3) is 0 Å². The van der Waals surface area contributed by atoms with E-state index in [2.05, 4.69) is 26.1 Å². The molecule has 10 rings (SSSR count). The van der Waals surface area contributed by atoms with Gasteiger partial charge in [-0.25, -0.2) is 9.36 Å². The summed E-state index contributed by atoms with van der Waals surface area (Å²) in [5, 5.41) is 20.1. The minimum Gasteiger partial charge on any atom is -0.497 e. The molecule has 74 heavy (non-hydrogen) atoms. The number of rotatable bonds is 8. The molecule has 0 radical (unpaired) electrons. The minimum atomic E-state index is -0.469. The molecule has 2 atom stereocenters. The SMILES string of the molecule is CC1=C(C(=O)N2CCNCC2)C(c2ccc(Cl)c(Cl)c2)n2nccc2N1.COc1cccc(C(=O)Cl)c1.COc1cccc(C(=O)N2CCN(C(=O)C3=C(C)Nc4ccnn4C3c3ccc(Cl)c(Cl)c3)CC2)c1.Cl. The first-order valence-corrected chi connectivity index (χ1v) is 25.0. The van der Waals surface area contributed by atoms with E-state index in [4.69, 9.17) is 67.5 Å². The number of hydrogen-bond donors (Lipinski definition) is 3. The second-order valence-corrected chi connectivity index (χ2v) is 19.1. The largest absolute Gasteiger partial charge is 0.497 e. The van der Waals surface area contributed by atoms with Crippen LogP contribution in [0.5, 0.6) is 11.5 Å². The molecule has 22 heteroatoms. The van der Waals surface area contributed by atoms with Crippen LogP contribution in [-0.4, -0.2) is 124 Å². The highest BCUT2D eigenvalue weighted by Gasteiger charge is 2.38. The Morgan fingerprint density at radius 3 is 1.39 bits per heavy atom. The molecular weight excluding hydrogens is 1070 g/mol. The highest BCUT2D eigenvalue weighted by molar-refractivity contribution is 6.67. The third-order valence-corrected chi connectivity index (χ3v) is 14.4. The molecule has 0 saturated carbocycles. The number of carbonyl (C=O) groups excluding carboxylic acids is 4. The van der Waals surface area contributed by atoms with Gasteiger partial charge in [0.25, 0.3) is 23.0 Å². The third kappa shape index (κ3) is 12.3. The van der Waals surface area contributed by atoms with Crippen LogP contribution >= 0.6 is 70.4 Å². The Morgan fingerprint density at radius 2 is 0.959 bits per heavy atom. The maximum absolute atomic E-state index is 13.9. The summed E-state index contributed by atoms with van der Waals surface area (Å²) >= 11 is 30.1. The number of benzene rings is 4. The summed E-state index contributed by atoms with van der Waals surface area (Å²) in [5.41, 5.74) is 5.55. The Morgan fingerprint density at radius 1 is 0.541 bits per heavy atom. The van der Waals surface area contributed by atoms with Crippen molar-refractivity contribution in [1.82, 2.24) is 39.6 Å². The number of allylic oxidation sites excluding steroid dienone is 2. The minimum absolute atomic E-state index is 0. The smallest absolute Gasteiger partial charge is 0.254 e. The van der Waals surface area contributed by atoms with Gasteiger partial charge in [-0.2, -0.15) is 10.2 Å². The quantitative estimate of drug-likeness (QED) is 0.124. The van der Waals surface area contributed by atoms with E-state index < -0.39 is 11.3 Å². The lowest BCUT2D eigenvalue weighted by Crippen LogP contribution is -2.51. The van der Waals surface area contributed by atoms with E-state index in [0.29, 0.717) is 93.1 Å². The first-order valence-electron chi connectivity index (χ1n) is 23.2. The van der Waals surface area contributed by atoms with E-state index >= 15 is 0 Å². The number of hydrogen-bond acceptors (Lipinski definition) is 11. The Bertz CT molecular complexity index is 3110. The third-order valence-electron chi connectivity index (χ3n) is 12.7. The van der Waals surface area contributed by atoms with Crippen molar-refractivity contribution >= 4 is 105 Å². The van der Waals surface area contributed by atoms with Crippen LogP contribution in [0.15, 0.2) is 132 Å². The number of nitrogens with zero attached hydrogens (tertiary/aromatic N) is 7. The number of methoxy groups -OCH3 is 2. The summed E-state index contributed by atoms with van der Waals surface area (Å²) in [6.45, 7) is 8.51. The molecule has 4 aromatic carbocycles. The molecule has 3 N–H and O–H groups in total. The summed E-state index contributed by atoms with van der Waals surface area (Å²) in [6, 6.07) is 27.6. The van der Waals surface area contributed by atoms with Crippen molar-refractivity contribution in [2.45, 2.75) is 25.9 Å². The highest BCUT2D eigenvalue weighted by Crippen LogP contribution is 2.40. The van der Waals surface area contributed by atoms with Crippen molar-refractivity contribution in [3.8, 4) is 11.5 Å². The molecule has 0 spiro atoms. The standard InChI is InChI=1S/C26H25Cl2N5O3.C18H19Cl2N5O.C8H7ClO2.ClH/c1-16-23(24(33-22(30-16)8-9-29-33)17-6-7-20(27)21(28)15-17)26(35)32-12-10-31(11-13-32)25(34)18-4-3-5-19(14-18)36-2;1-11-16(18(26)24-8-6-21-7-9-24)17(25-15(23-11)4-5-22-25)12-2-3-13(19)14(20)10-12;1-11-7-4-2-3-6(5-7)8(9)10;/h3-9,14-15,24,30H,10-13H2,1-2H3;2-5,10,17,21,23H,6-9H2,1H3;2-5H,1H3;1H. The monoisotopic (exact) mass is 1120 g/mol.